The lowest BCUT2D eigenvalue weighted by molar-refractivity contribution is 0.0706. The highest BCUT2D eigenvalue weighted by Gasteiger charge is 2.17. The Labute approximate surface area is 142 Å². The Morgan fingerprint density at radius 2 is 1.88 bits per heavy atom. The Bertz CT molecular complexity index is 703. The first-order valence-electron chi connectivity index (χ1n) is 8.17. The van der Waals surface area contributed by atoms with E-state index in [1.807, 2.05) is 18.2 Å². The molecule has 24 heavy (non-hydrogen) atoms. The minimum atomic E-state index is -0.470. The lowest BCUT2D eigenvalue weighted by atomic mass is 10.0. The minimum Gasteiger partial charge on any atom is -0.301 e. The zero-order chi connectivity index (χ0) is 16.9. The predicted octanol–water partition coefficient (Wildman–Crippen LogP) is 2.25. The van der Waals surface area contributed by atoms with Crippen molar-refractivity contribution in [1.29, 1.82) is 0 Å². The first-order chi connectivity index (χ1) is 11.7. The monoisotopic (exact) mass is 325 g/mol. The van der Waals surface area contributed by atoms with Crippen molar-refractivity contribution in [1.82, 2.24) is 15.3 Å². The van der Waals surface area contributed by atoms with Gasteiger partial charge in [0.1, 0.15) is 0 Å². The van der Waals surface area contributed by atoms with Gasteiger partial charge in [-0.15, -0.1) is 0 Å². The molecule has 0 bridgehead atoms. The van der Waals surface area contributed by atoms with E-state index in [1.165, 1.54) is 11.1 Å². The second-order valence-corrected chi connectivity index (χ2v) is 6.36. The number of benzene rings is 2. The van der Waals surface area contributed by atoms with Crippen LogP contribution in [0.25, 0.3) is 0 Å². The molecule has 1 heterocycles. The molecule has 0 aliphatic carbocycles. The fraction of sp³-hybridized carbons (Fsp3) is 0.316. The van der Waals surface area contributed by atoms with Crippen LogP contribution in [0.4, 0.5) is 0 Å². The maximum absolute atomic E-state index is 11.7. The van der Waals surface area contributed by atoms with Crippen LogP contribution in [0.15, 0.2) is 48.5 Å². The standard InChI is InChI=1S/C19H23N3O2/c1-21-9-10-22(12-15-5-3-2-4-6-15)14-18-11-16(19(23)20-24)7-8-17(18)13-21/h2-8,11,24H,9-10,12-14H2,1H3,(H,20,23). The molecular formula is C19H23N3O2. The third-order valence-corrected chi connectivity index (χ3v) is 4.45. The van der Waals surface area contributed by atoms with E-state index in [9.17, 15) is 4.79 Å². The predicted molar refractivity (Wildman–Crippen MR) is 92.6 cm³/mol. The molecule has 0 fully saturated rings. The molecule has 3 rings (SSSR count). The third kappa shape index (κ3) is 4.00. The molecule has 2 N–H and O–H groups in total. The van der Waals surface area contributed by atoms with E-state index in [0.29, 0.717) is 5.56 Å². The average Bonchev–Trinajstić information content (AvgIpc) is 2.60. The molecule has 0 spiro atoms. The number of carbonyl (C=O) groups is 1. The first-order valence-corrected chi connectivity index (χ1v) is 8.17. The van der Waals surface area contributed by atoms with Gasteiger partial charge in [0.15, 0.2) is 0 Å². The van der Waals surface area contributed by atoms with Gasteiger partial charge in [0.2, 0.25) is 0 Å². The summed E-state index contributed by atoms with van der Waals surface area (Å²) >= 11 is 0. The number of fused-ring (bicyclic) bond motifs is 1. The fourth-order valence-electron chi connectivity index (χ4n) is 3.11. The van der Waals surface area contributed by atoms with Crippen LogP contribution in [-0.4, -0.2) is 41.1 Å². The quantitative estimate of drug-likeness (QED) is 0.671. The Hall–Kier alpha value is -2.21. The van der Waals surface area contributed by atoms with Crippen molar-refractivity contribution in [3.8, 4) is 0 Å². The van der Waals surface area contributed by atoms with Crippen molar-refractivity contribution in [2.75, 3.05) is 20.1 Å². The van der Waals surface area contributed by atoms with Crippen molar-refractivity contribution >= 4 is 5.91 Å². The third-order valence-electron chi connectivity index (χ3n) is 4.45. The molecule has 0 saturated carbocycles. The smallest absolute Gasteiger partial charge is 0.274 e. The van der Waals surface area contributed by atoms with Gasteiger partial charge in [0, 0.05) is 38.3 Å². The topological polar surface area (TPSA) is 55.8 Å². The molecule has 2 aromatic rings. The highest BCUT2D eigenvalue weighted by molar-refractivity contribution is 5.93. The molecule has 0 atom stereocenters. The van der Waals surface area contributed by atoms with Gasteiger partial charge in [-0.1, -0.05) is 36.4 Å². The summed E-state index contributed by atoms with van der Waals surface area (Å²) in [6.45, 7) is 4.52. The molecule has 0 unspecified atom stereocenters. The maximum atomic E-state index is 11.7. The summed E-state index contributed by atoms with van der Waals surface area (Å²) in [5.74, 6) is -0.470. The van der Waals surface area contributed by atoms with Crippen LogP contribution >= 0.6 is 0 Å². The van der Waals surface area contributed by atoms with Crippen LogP contribution in [-0.2, 0) is 19.6 Å². The van der Waals surface area contributed by atoms with E-state index in [-0.39, 0.29) is 0 Å². The van der Waals surface area contributed by atoms with Gasteiger partial charge in [-0.25, -0.2) is 5.48 Å². The second-order valence-electron chi connectivity index (χ2n) is 6.36. The van der Waals surface area contributed by atoms with Crippen LogP contribution in [0.2, 0.25) is 0 Å². The zero-order valence-electron chi connectivity index (χ0n) is 13.9. The Morgan fingerprint density at radius 3 is 2.62 bits per heavy atom. The molecule has 1 amide bonds. The Kier molecular flexibility index (Phi) is 5.25. The number of amides is 1. The largest absolute Gasteiger partial charge is 0.301 e. The highest BCUT2D eigenvalue weighted by atomic mass is 16.5. The number of hydrogen-bond acceptors (Lipinski definition) is 4. The molecule has 0 saturated heterocycles. The lowest BCUT2D eigenvalue weighted by Crippen LogP contribution is -2.35. The van der Waals surface area contributed by atoms with E-state index in [0.717, 1.165) is 38.3 Å². The van der Waals surface area contributed by atoms with Gasteiger partial charge in [-0.05, 0) is 35.9 Å². The van der Waals surface area contributed by atoms with Crippen molar-refractivity contribution in [2.45, 2.75) is 19.6 Å². The summed E-state index contributed by atoms with van der Waals surface area (Å²) in [5.41, 5.74) is 5.85. The SMILES string of the molecule is CN1CCN(Cc2ccccc2)Cc2cc(C(=O)NO)ccc2C1. The maximum Gasteiger partial charge on any atom is 0.274 e. The normalized spacial score (nSPS) is 16.1. The van der Waals surface area contributed by atoms with E-state index in [1.54, 1.807) is 11.5 Å². The second kappa shape index (κ2) is 7.57. The molecule has 1 aliphatic rings. The number of likely N-dealkylation sites (N-methyl/N-ethyl adjacent to an activating group) is 1. The van der Waals surface area contributed by atoms with Crippen LogP contribution in [0.3, 0.4) is 0 Å². The minimum absolute atomic E-state index is 0.470. The molecule has 2 aromatic carbocycles. The van der Waals surface area contributed by atoms with Gasteiger partial charge in [0.05, 0.1) is 0 Å². The van der Waals surface area contributed by atoms with Gasteiger partial charge in [-0.3, -0.25) is 14.9 Å². The van der Waals surface area contributed by atoms with E-state index < -0.39 is 5.91 Å². The van der Waals surface area contributed by atoms with Gasteiger partial charge < -0.3 is 4.90 Å². The van der Waals surface area contributed by atoms with Gasteiger partial charge in [-0.2, -0.15) is 0 Å². The first kappa shape index (κ1) is 16.6. The summed E-state index contributed by atoms with van der Waals surface area (Å²) < 4.78 is 0. The van der Waals surface area contributed by atoms with Crippen LogP contribution in [0.1, 0.15) is 27.0 Å². The van der Waals surface area contributed by atoms with Crippen LogP contribution in [0, 0.1) is 0 Å². The number of nitrogens with one attached hydrogen (secondary N) is 1. The molecule has 5 nitrogen and oxygen atoms in total. The van der Waals surface area contributed by atoms with Crippen molar-refractivity contribution < 1.29 is 10.0 Å². The molecule has 5 heteroatoms. The summed E-state index contributed by atoms with van der Waals surface area (Å²) in [4.78, 5) is 16.4. The van der Waals surface area contributed by atoms with Crippen LogP contribution in [0.5, 0.6) is 0 Å². The summed E-state index contributed by atoms with van der Waals surface area (Å²) in [6.07, 6.45) is 0. The molecule has 1 aliphatic heterocycles. The van der Waals surface area contributed by atoms with E-state index >= 15 is 0 Å². The molecular weight excluding hydrogens is 302 g/mol. The van der Waals surface area contributed by atoms with Gasteiger partial charge >= 0.3 is 0 Å². The molecule has 126 valence electrons. The van der Waals surface area contributed by atoms with Crippen LogP contribution < -0.4 is 5.48 Å². The number of rotatable bonds is 3. The lowest BCUT2D eigenvalue weighted by Gasteiger charge is -2.30. The van der Waals surface area contributed by atoms with Crippen molar-refractivity contribution in [3.05, 3.63) is 70.8 Å². The summed E-state index contributed by atoms with van der Waals surface area (Å²) in [7, 11) is 2.12. The zero-order valence-corrected chi connectivity index (χ0v) is 13.9. The van der Waals surface area contributed by atoms with Gasteiger partial charge in [0.25, 0.3) is 5.91 Å². The number of hydroxylamine groups is 1. The summed E-state index contributed by atoms with van der Waals surface area (Å²) in [6, 6.07) is 16.1. The van der Waals surface area contributed by atoms with Crippen molar-refractivity contribution in [3.63, 3.8) is 0 Å². The number of hydrogen-bond donors (Lipinski definition) is 2. The van der Waals surface area contributed by atoms with E-state index in [4.69, 9.17) is 5.21 Å². The van der Waals surface area contributed by atoms with E-state index in [2.05, 4.69) is 41.1 Å². The Balaban J connectivity index is 1.86. The highest BCUT2D eigenvalue weighted by Crippen LogP contribution is 2.20. The average molecular weight is 325 g/mol. The Morgan fingerprint density at radius 1 is 1.08 bits per heavy atom. The molecule has 0 radical (unpaired) electrons. The number of carbonyl (C=O) groups excluding carboxylic acids is 1. The number of nitrogens with zero attached hydrogens (tertiary/aromatic N) is 2. The van der Waals surface area contributed by atoms with Crippen molar-refractivity contribution in [2.24, 2.45) is 0 Å². The molecule has 0 aromatic heterocycles. The fourth-order valence-corrected chi connectivity index (χ4v) is 3.11. The summed E-state index contributed by atoms with van der Waals surface area (Å²) in [5, 5.41) is 8.86.